The third kappa shape index (κ3) is 12.3. The van der Waals surface area contributed by atoms with E-state index in [0.717, 1.165) is 45.8 Å². The van der Waals surface area contributed by atoms with E-state index in [1.165, 1.54) is 9.80 Å². The molecule has 0 radical (unpaired) electrons. The fourth-order valence-corrected chi connectivity index (χ4v) is 7.19. The maximum absolute atomic E-state index is 13.3. The zero-order valence-electron chi connectivity index (χ0n) is 38.6. The van der Waals surface area contributed by atoms with Gasteiger partial charge in [0, 0.05) is 77.5 Å². The molecule has 2 aliphatic rings. The molecule has 0 saturated carbocycles. The Morgan fingerprint density at radius 3 is 1.12 bits per heavy atom. The van der Waals surface area contributed by atoms with Crippen LogP contribution in [0.15, 0.2) is 170 Å². The van der Waals surface area contributed by atoms with Crippen molar-refractivity contribution in [3.8, 4) is 45.6 Å². The molecule has 0 N–H and O–H groups in total. The molecule has 6 aromatic carbocycles. The van der Waals surface area contributed by atoms with E-state index in [1.807, 2.05) is 133 Å². The van der Waals surface area contributed by atoms with Gasteiger partial charge in [-0.15, -0.1) is 24.3 Å². The van der Waals surface area contributed by atoms with E-state index >= 15 is 0 Å². The second kappa shape index (κ2) is 24.7. The molecule has 0 aliphatic carbocycles. The second-order valence-corrected chi connectivity index (χ2v) is 15.5. The Kier molecular flexibility index (Phi) is 17.9. The van der Waals surface area contributed by atoms with Crippen LogP contribution in [-0.2, 0) is 42.1 Å². The molecule has 0 unspecified atom stereocenters. The van der Waals surface area contributed by atoms with Crippen molar-refractivity contribution < 1.29 is 68.5 Å². The topological polar surface area (TPSA) is 119 Å². The summed E-state index contributed by atoms with van der Waals surface area (Å²) < 4.78 is 78.8. The van der Waals surface area contributed by atoms with Crippen molar-refractivity contribution in [2.75, 3.05) is 33.7 Å². The Morgan fingerprint density at radius 2 is 0.784 bits per heavy atom. The number of rotatable bonds is 6. The number of anilines is 6. The van der Waals surface area contributed by atoms with E-state index in [1.54, 1.807) is 61.8 Å². The number of aromatic nitrogens is 8. The number of benzene rings is 6. The standard InChI is InChI=1S/2C14H10N3.2C13H8F3N3.2Pt/c2*1-3-7-11(8-4-1)13-15-14(17-16-13)12-9-5-2-6-10-12;2*1-18-7-19(13-11(18)3-2-4-17-13)8-5-9(14)12(16)10(15)6-8;;/h2*1-10H;2*2-5,7H,1H3;;/q2*-1;2*-2;;. The second-order valence-electron chi connectivity index (χ2n) is 15.5. The molecule has 12 nitrogen and oxygen atoms in total. The molecule has 0 fully saturated rings. The molecule has 20 heteroatoms. The van der Waals surface area contributed by atoms with Crippen LogP contribution in [0.25, 0.3) is 45.6 Å². The van der Waals surface area contributed by atoms with E-state index in [9.17, 15) is 26.3 Å². The van der Waals surface area contributed by atoms with Crippen LogP contribution in [0.2, 0.25) is 0 Å². The van der Waals surface area contributed by atoms with Gasteiger partial charge in [-0.05, 0) is 72.3 Å². The van der Waals surface area contributed by atoms with Crippen LogP contribution in [0.5, 0.6) is 0 Å². The van der Waals surface area contributed by atoms with Crippen molar-refractivity contribution in [3.63, 3.8) is 0 Å². The van der Waals surface area contributed by atoms with Crippen molar-refractivity contribution in [3.05, 3.63) is 230 Å². The molecule has 0 bridgehead atoms. The Morgan fingerprint density at radius 1 is 0.446 bits per heavy atom. The van der Waals surface area contributed by atoms with Crippen molar-refractivity contribution >= 4 is 34.4 Å². The van der Waals surface area contributed by atoms with Gasteiger partial charge in [-0.3, -0.25) is 19.0 Å². The van der Waals surface area contributed by atoms with Gasteiger partial charge in [0.05, 0.1) is 34.9 Å². The number of hydrogen-bond acceptors (Lipinski definition) is 10. The number of hydrogen-bond donors (Lipinski definition) is 0. The average molecular weight is 1360 g/mol. The first-order valence-corrected chi connectivity index (χ1v) is 21.8. The first kappa shape index (κ1) is 53.8. The summed E-state index contributed by atoms with van der Waals surface area (Å²) in [4.78, 5) is 23.5. The van der Waals surface area contributed by atoms with Crippen LogP contribution in [0.3, 0.4) is 0 Å². The van der Waals surface area contributed by atoms with Crippen LogP contribution in [-0.4, -0.2) is 44.2 Å². The predicted octanol–water partition coefficient (Wildman–Crippen LogP) is 11.5. The molecular weight excluding hydrogens is 1320 g/mol. The van der Waals surface area contributed by atoms with Gasteiger partial charge in [-0.1, -0.05) is 133 Å². The summed E-state index contributed by atoms with van der Waals surface area (Å²) in [5.74, 6) is -4.58. The Balaban J connectivity index is 0.000000143. The third-order valence-corrected chi connectivity index (χ3v) is 10.7. The maximum Gasteiger partial charge on any atom is 0.124 e. The van der Waals surface area contributed by atoms with E-state index in [-0.39, 0.29) is 53.5 Å². The summed E-state index contributed by atoms with van der Waals surface area (Å²) in [5, 5.41) is 16.4. The average Bonchev–Trinajstić information content (AvgIpc) is 4.26. The molecular formula is C54H36F6N12Pt2-6. The first-order valence-electron chi connectivity index (χ1n) is 21.8. The van der Waals surface area contributed by atoms with Crippen LogP contribution in [0.4, 0.5) is 60.7 Å². The van der Waals surface area contributed by atoms with Crippen molar-refractivity contribution in [2.45, 2.75) is 0 Å². The molecule has 0 amide bonds. The maximum atomic E-state index is 13.3. The third-order valence-electron chi connectivity index (χ3n) is 10.7. The molecule has 12 rings (SSSR count). The van der Waals surface area contributed by atoms with E-state index in [4.69, 9.17) is 0 Å². The molecule has 6 heterocycles. The summed E-state index contributed by atoms with van der Waals surface area (Å²) in [6, 6.07) is 52.7. The summed E-state index contributed by atoms with van der Waals surface area (Å²) >= 11 is 0. The van der Waals surface area contributed by atoms with Crippen LogP contribution in [0.1, 0.15) is 0 Å². The molecule has 380 valence electrons. The molecule has 2 aliphatic heterocycles. The Hall–Kier alpha value is -7.94. The van der Waals surface area contributed by atoms with E-state index in [2.05, 4.69) is 52.5 Å². The Labute approximate surface area is 450 Å². The minimum absolute atomic E-state index is 0. The molecule has 4 aromatic heterocycles. The largest absolute Gasteiger partial charge is 0.502 e. The van der Waals surface area contributed by atoms with Crippen LogP contribution in [0, 0.1) is 60.4 Å². The van der Waals surface area contributed by atoms with Crippen LogP contribution < -0.4 is 29.8 Å². The van der Waals surface area contributed by atoms with Gasteiger partial charge in [-0.25, -0.2) is 27.5 Å². The number of nitrogens with zero attached hydrogens (tertiary/aromatic N) is 12. The van der Waals surface area contributed by atoms with Crippen molar-refractivity contribution in [1.29, 1.82) is 0 Å². The van der Waals surface area contributed by atoms with Crippen molar-refractivity contribution in [1.82, 2.24) is 40.3 Å². The van der Waals surface area contributed by atoms with Crippen molar-refractivity contribution in [2.24, 2.45) is 0 Å². The zero-order valence-corrected chi connectivity index (χ0v) is 43.1. The van der Waals surface area contributed by atoms with Gasteiger partial charge in [0.25, 0.3) is 0 Å². The summed E-state index contributed by atoms with van der Waals surface area (Å²) in [5.41, 5.74) is 5.62. The summed E-state index contributed by atoms with van der Waals surface area (Å²) in [6.45, 7) is 3.20. The smallest absolute Gasteiger partial charge is 0.124 e. The van der Waals surface area contributed by atoms with Gasteiger partial charge in [0.2, 0.25) is 0 Å². The molecule has 0 atom stereocenters. The first-order chi connectivity index (χ1) is 35.0. The quantitative estimate of drug-likeness (QED) is 0.0896. The molecule has 0 saturated heterocycles. The molecule has 10 aromatic rings. The molecule has 74 heavy (non-hydrogen) atoms. The monoisotopic (exact) mass is 1360 g/mol. The van der Waals surface area contributed by atoms with Crippen LogP contribution >= 0.6 is 0 Å². The van der Waals surface area contributed by atoms with Gasteiger partial charge in [0.15, 0.2) is 0 Å². The van der Waals surface area contributed by atoms with Gasteiger partial charge < -0.3 is 39.8 Å². The number of fused-ring (bicyclic) bond motifs is 2. The SMILES string of the molecule is CN1[CH-]N(c2[c-]c(F)c(F)c(F)c2)c2ncccc21.CN1[CH-]N(c2[c-]c(F)c(F)c(F)c2)c2ncccc21.[Pt].[Pt].c1ccc(-c2n[n-]c(-c3ccccc3)n2)cc1.c1ccc(-c2n[n-]c(-c3ccccc3)n2)cc1. The summed E-state index contributed by atoms with van der Waals surface area (Å²) in [7, 11) is 3.55. The Bertz CT molecular complexity index is 3030. The number of halogens is 6. The zero-order chi connectivity index (χ0) is 50.1. The normalized spacial score (nSPS) is 11.9. The van der Waals surface area contributed by atoms with Gasteiger partial charge in [-0.2, -0.15) is 13.3 Å². The predicted molar refractivity (Wildman–Crippen MR) is 261 cm³/mol. The fraction of sp³-hybridized carbons (Fsp3) is 0.0370. The van der Waals surface area contributed by atoms with Gasteiger partial charge in [0.1, 0.15) is 11.6 Å². The minimum Gasteiger partial charge on any atom is -0.502 e. The number of pyridine rings is 2. The minimum atomic E-state index is -1.53. The van der Waals surface area contributed by atoms with E-state index in [0.29, 0.717) is 34.9 Å². The fourth-order valence-electron chi connectivity index (χ4n) is 7.19. The van der Waals surface area contributed by atoms with Gasteiger partial charge >= 0.3 is 0 Å². The molecule has 0 spiro atoms. The van der Waals surface area contributed by atoms with E-state index < -0.39 is 34.9 Å². The summed E-state index contributed by atoms with van der Waals surface area (Å²) in [6.07, 6.45) is 3.13.